The molecule has 0 spiro atoms. The van der Waals surface area contributed by atoms with Crippen LogP contribution in [-0.2, 0) is 19.1 Å². The van der Waals surface area contributed by atoms with Crippen molar-refractivity contribution in [3.8, 4) is 0 Å². The quantitative estimate of drug-likeness (QED) is 0.476. The van der Waals surface area contributed by atoms with E-state index in [4.69, 9.17) is 0 Å². The Morgan fingerprint density at radius 2 is 1.82 bits per heavy atom. The first-order chi connectivity index (χ1) is 10.4. The van der Waals surface area contributed by atoms with E-state index in [9.17, 15) is 9.59 Å². The first-order valence-corrected chi connectivity index (χ1v) is 7.05. The number of methoxy groups -OCH3 is 2. The molecule has 0 amide bonds. The summed E-state index contributed by atoms with van der Waals surface area (Å²) in [5.41, 5.74) is 3.18. The van der Waals surface area contributed by atoms with Gasteiger partial charge in [-0.3, -0.25) is 9.59 Å². The molecule has 0 heterocycles. The SMILES string of the molecule is C=CC(CC(C(=O)OC)C(=O)OC)Nc1ccc(C)cc1C. The van der Waals surface area contributed by atoms with Crippen LogP contribution < -0.4 is 5.32 Å². The van der Waals surface area contributed by atoms with E-state index in [0.717, 1.165) is 11.3 Å². The van der Waals surface area contributed by atoms with Crippen LogP contribution in [0.2, 0.25) is 0 Å². The molecule has 0 aliphatic carbocycles. The van der Waals surface area contributed by atoms with E-state index in [2.05, 4.69) is 27.4 Å². The van der Waals surface area contributed by atoms with E-state index >= 15 is 0 Å². The van der Waals surface area contributed by atoms with Crippen molar-refractivity contribution in [2.24, 2.45) is 5.92 Å². The molecule has 22 heavy (non-hydrogen) atoms. The van der Waals surface area contributed by atoms with E-state index in [-0.39, 0.29) is 12.5 Å². The predicted octanol–water partition coefficient (Wildman–Crippen LogP) is 2.62. The first kappa shape index (κ1) is 17.8. The van der Waals surface area contributed by atoms with Crippen molar-refractivity contribution < 1.29 is 19.1 Å². The Hall–Kier alpha value is -2.30. The molecular weight excluding hydrogens is 282 g/mol. The Bertz CT molecular complexity index is 538. The number of anilines is 1. The van der Waals surface area contributed by atoms with E-state index in [1.165, 1.54) is 19.8 Å². The Balaban J connectivity index is 2.88. The highest BCUT2D eigenvalue weighted by Crippen LogP contribution is 2.20. The molecular formula is C17H23NO4. The minimum atomic E-state index is -0.976. The Morgan fingerprint density at radius 3 is 2.27 bits per heavy atom. The second-order valence-corrected chi connectivity index (χ2v) is 5.14. The fourth-order valence-corrected chi connectivity index (χ4v) is 2.22. The summed E-state index contributed by atoms with van der Waals surface area (Å²) in [5.74, 6) is -2.20. The molecule has 1 rings (SSSR count). The van der Waals surface area contributed by atoms with Crippen molar-refractivity contribution in [2.45, 2.75) is 26.3 Å². The standard InChI is InChI=1S/C17H23NO4/c1-6-13(10-14(16(19)21-4)17(20)22-5)18-15-8-7-11(2)9-12(15)3/h6-9,13-14,18H,1,10H2,2-5H3. The average molecular weight is 305 g/mol. The van der Waals surface area contributed by atoms with Crippen LogP contribution in [0.25, 0.3) is 0 Å². The number of aryl methyl sites for hydroxylation is 2. The summed E-state index contributed by atoms with van der Waals surface area (Å²) in [4.78, 5) is 23.5. The molecule has 1 unspecified atom stereocenters. The van der Waals surface area contributed by atoms with E-state index in [0.29, 0.717) is 0 Å². The van der Waals surface area contributed by atoms with Gasteiger partial charge in [-0.15, -0.1) is 6.58 Å². The van der Waals surface area contributed by atoms with Crippen molar-refractivity contribution in [2.75, 3.05) is 19.5 Å². The van der Waals surface area contributed by atoms with Crippen molar-refractivity contribution >= 4 is 17.6 Å². The van der Waals surface area contributed by atoms with Gasteiger partial charge >= 0.3 is 11.9 Å². The molecule has 1 N–H and O–H groups in total. The molecule has 0 saturated carbocycles. The molecule has 0 bridgehead atoms. The minimum absolute atomic E-state index is 0.218. The van der Waals surface area contributed by atoms with Crippen molar-refractivity contribution in [1.82, 2.24) is 0 Å². The van der Waals surface area contributed by atoms with Gasteiger partial charge in [0.25, 0.3) is 0 Å². The van der Waals surface area contributed by atoms with Crippen molar-refractivity contribution in [1.29, 1.82) is 0 Å². The van der Waals surface area contributed by atoms with Crippen LogP contribution in [-0.4, -0.2) is 32.2 Å². The number of esters is 2. The normalized spacial score (nSPS) is 11.7. The molecule has 5 nitrogen and oxygen atoms in total. The second kappa shape index (κ2) is 8.22. The van der Waals surface area contributed by atoms with Crippen LogP contribution in [0.3, 0.4) is 0 Å². The molecule has 0 saturated heterocycles. The Labute approximate surface area is 131 Å². The van der Waals surface area contributed by atoms with Gasteiger partial charge in [0.2, 0.25) is 0 Å². The third-order valence-corrected chi connectivity index (χ3v) is 3.47. The maximum absolute atomic E-state index is 11.7. The molecule has 0 radical (unpaired) electrons. The average Bonchev–Trinajstić information content (AvgIpc) is 2.51. The zero-order valence-corrected chi connectivity index (χ0v) is 13.5. The molecule has 1 atom stereocenters. The number of carbonyl (C=O) groups excluding carboxylic acids is 2. The van der Waals surface area contributed by atoms with Gasteiger partial charge in [0, 0.05) is 11.7 Å². The summed E-state index contributed by atoms with van der Waals surface area (Å²) < 4.78 is 9.34. The summed E-state index contributed by atoms with van der Waals surface area (Å²) >= 11 is 0. The van der Waals surface area contributed by atoms with Gasteiger partial charge < -0.3 is 14.8 Å². The second-order valence-electron chi connectivity index (χ2n) is 5.14. The van der Waals surface area contributed by atoms with Crippen LogP contribution in [0.5, 0.6) is 0 Å². The third-order valence-electron chi connectivity index (χ3n) is 3.47. The van der Waals surface area contributed by atoms with E-state index in [1.807, 2.05) is 26.0 Å². The Kier molecular flexibility index (Phi) is 6.63. The number of hydrogen-bond acceptors (Lipinski definition) is 5. The smallest absolute Gasteiger partial charge is 0.320 e. The number of nitrogens with one attached hydrogen (secondary N) is 1. The lowest BCUT2D eigenvalue weighted by atomic mass is 9.99. The van der Waals surface area contributed by atoms with Crippen molar-refractivity contribution in [3.63, 3.8) is 0 Å². The van der Waals surface area contributed by atoms with Crippen LogP contribution >= 0.6 is 0 Å². The highest BCUT2D eigenvalue weighted by atomic mass is 16.5. The molecule has 5 heteroatoms. The molecule has 1 aromatic rings. The van der Waals surface area contributed by atoms with Crippen molar-refractivity contribution in [3.05, 3.63) is 42.0 Å². The summed E-state index contributed by atoms with van der Waals surface area (Å²) in [6, 6.07) is 5.75. The molecule has 1 aromatic carbocycles. The highest BCUT2D eigenvalue weighted by molar-refractivity contribution is 5.94. The van der Waals surface area contributed by atoms with Gasteiger partial charge in [0.15, 0.2) is 5.92 Å². The Morgan fingerprint density at radius 1 is 1.23 bits per heavy atom. The fourth-order valence-electron chi connectivity index (χ4n) is 2.22. The van der Waals surface area contributed by atoms with Gasteiger partial charge in [0.05, 0.1) is 14.2 Å². The largest absolute Gasteiger partial charge is 0.468 e. The van der Waals surface area contributed by atoms with Gasteiger partial charge in [-0.05, 0) is 31.9 Å². The van der Waals surface area contributed by atoms with Crippen LogP contribution in [0, 0.1) is 19.8 Å². The monoisotopic (exact) mass is 305 g/mol. The zero-order valence-electron chi connectivity index (χ0n) is 13.5. The zero-order chi connectivity index (χ0) is 16.7. The van der Waals surface area contributed by atoms with Gasteiger partial charge in [0.1, 0.15) is 0 Å². The molecule has 0 aromatic heterocycles. The number of rotatable bonds is 7. The van der Waals surface area contributed by atoms with Gasteiger partial charge in [-0.1, -0.05) is 23.8 Å². The lowest BCUT2D eigenvalue weighted by molar-refractivity contribution is -0.159. The summed E-state index contributed by atoms with van der Waals surface area (Å²) in [7, 11) is 2.50. The summed E-state index contributed by atoms with van der Waals surface area (Å²) in [6.45, 7) is 7.77. The molecule has 0 aliphatic heterocycles. The van der Waals surface area contributed by atoms with Gasteiger partial charge in [-0.2, -0.15) is 0 Å². The lowest BCUT2D eigenvalue weighted by Gasteiger charge is -2.21. The molecule has 120 valence electrons. The van der Waals surface area contributed by atoms with E-state index in [1.54, 1.807) is 6.08 Å². The number of hydrogen-bond donors (Lipinski definition) is 1. The predicted molar refractivity (Wildman–Crippen MR) is 85.7 cm³/mol. The number of carbonyl (C=O) groups is 2. The fraction of sp³-hybridized carbons (Fsp3) is 0.412. The molecule has 0 fully saturated rings. The van der Waals surface area contributed by atoms with Gasteiger partial charge in [-0.25, -0.2) is 0 Å². The summed E-state index contributed by atoms with van der Waals surface area (Å²) in [6.07, 6.45) is 1.88. The topological polar surface area (TPSA) is 64.6 Å². The number of ether oxygens (including phenoxy) is 2. The molecule has 0 aliphatic rings. The maximum Gasteiger partial charge on any atom is 0.320 e. The first-order valence-electron chi connectivity index (χ1n) is 7.05. The third kappa shape index (κ3) is 4.62. The van der Waals surface area contributed by atoms with Crippen LogP contribution in [0.15, 0.2) is 30.9 Å². The lowest BCUT2D eigenvalue weighted by Crippen LogP contribution is -2.32. The van der Waals surface area contributed by atoms with Crippen LogP contribution in [0.4, 0.5) is 5.69 Å². The highest BCUT2D eigenvalue weighted by Gasteiger charge is 2.30. The summed E-state index contributed by atoms with van der Waals surface area (Å²) in [5, 5.41) is 3.28. The number of benzene rings is 1. The van der Waals surface area contributed by atoms with E-state index < -0.39 is 17.9 Å². The maximum atomic E-state index is 11.7. The minimum Gasteiger partial charge on any atom is -0.468 e. The van der Waals surface area contributed by atoms with Crippen LogP contribution in [0.1, 0.15) is 17.5 Å².